The summed E-state index contributed by atoms with van der Waals surface area (Å²) in [5.41, 5.74) is 0.824. The summed E-state index contributed by atoms with van der Waals surface area (Å²) in [7, 11) is 1.69. The molecule has 1 amide bonds. The van der Waals surface area contributed by atoms with Gasteiger partial charge in [-0.3, -0.25) is 14.7 Å². The number of hydrogen-bond acceptors (Lipinski definition) is 3. The summed E-state index contributed by atoms with van der Waals surface area (Å²) in [6.07, 6.45) is 0. The Bertz CT molecular complexity index is 629. The molecule has 0 heterocycles. The Kier molecular flexibility index (Phi) is 12.7. The number of halogens is 2. The maximum Gasteiger partial charge on any atom is 0.239 e. The summed E-state index contributed by atoms with van der Waals surface area (Å²) in [6.45, 7) is 12.8. The van der Waals surface area contributed by atoms with E-state index in [4.69, 9.17) is 11.6 Å². The molecule has 0 saturated heterocycles. The Morgan fingerprint density at radius 2 is 1.79 bits per heavy atom. The largest absolute Gasteiger partial charge is 0.354 e. The molecule has 0 bridgehead atoms. The number of carbonyl (C=O) groups is 1. The average molecular weight is 524 g/mol. The highest BCUT2D eigenvalue weighted by molar-refractivity contribution is 14.0. The molecule has 1 atom stereocenters. The summed E-state index contributed by atoms with van der Waals surface area (Å²) in [5, 5.41) is 10.1. The molecular weight excluding hydrogens is 489 g/mol. The maximum absolute atomic E-state index is 12.0. The van der Waals surface area contributed by atoms with Gasteiger partial charge in [-0.05, 0) is 45.5 Å². The second-order valence-corrected chi connectivity index (χ2v) is 7.77. The molecular formula is C20H35ClIN5O. The number of nitrogens with one attached hydrogen (secondary N) is 3. The second-order valence-electron chi connectivity index (χ2n) is 7.36. The molecule has 1 aromatic rings. The van der Waals surface area contributed by atoms with Gasteiger partial charge in [-0.25, -0.2) is 0 Å². The quantitative estimate of drug-likeness (QED) is 0.277. The summed E-state index contributed by atoms with van der Waals surface area (Å²) >= 11 is 6.44. The van der Waals surface area contributed by atoms with Crippen molar-refractivity contribution in [2.75, 3.05) is 33.2 Å². The summed E-state index contributed by atoms with van der Waals surface area (Å²) < 4.78 is 0. The van der Waals surface area contributed by atoms with E-state index in [1.54, 1.807) is 7.05 Å². The number of benzene rings is 1. The van der Waals surface area contributed by atoms with Crippen LogP contribution in [0.4, 0.5) is 0 Å². The van der Waals surface area contributed by atoms with Crippen molar-refractivity contribution in [3.63, 3.8) is 0 Å². The van der Waals surface area contributed by atoms with Crippen LogP contribution < -0.4 is 16.0 Å². The van der Waals surface area contributed by atoms with E-state index in [0.717, 1.165) is 23.7 Å². The van der Waals surface area contributed by atoms with E-state index < -0.39 is 0 Å². The number of likely N-dealkylation sites (N-methyl/N-ethyl adjacent to an activating group) is 1. The standard InChI is InChI=1S/C20H34ClN5O.HI/c1-7-26(8-2)17(15-11-9-10-12-16(15)21)13-23-19(22-6)24-14-18(27)25-20(3,4)5;/h9-12,17H,7-8,13-14H2,1-6H3,(H,25,27)(H2,22,23,24);1H. The van der Waals surface area contributed by atoms with Gasteiger partial charge in [-0.15, -0.1) is 24.0 Å². The lowest BCUT2D eigenvalue weighted by atomic mass is 10.0. The normalized spacial score (nSPS) is 12.9. The van der Waals surface area contributed by atoms with Gasteiger partial charge < -0.3 is 16.0 Å². The smallest absolute Gasteiger partial charge is 0.239 e. The minimum atomic E-state index is -0.256. The molecule has 0 aliphatic carbocycles. The zero-order valence-electron chi connectivity index (χ0n) is 17.8. The van der Waals surface area contributed by atoms with Crippen molar-refractivity contribution in [2.24, 2.45) is 4.99 Å². The lowest BCUT2D eigenvalue weighted by Gasteiger charge is -2.31. The molecule has 0 aliphatic heterocycles. The first-order valence-corrected chi connectivity index (χ1v) is 9.83. The molecule has 8 heteroatoms. The molecule has 1 aromatic carbocycles. The van der Waals surface area contributed by atoms with Gasteiger partial charge in [0.05, 0.1) is 12.6 Å². The van der Waals surface area contributed by atoms with E-state index in [1.807, 2.05) is 39.0 Å². The number of nitrogens with zero attached hydrogens (tertiary/aromatic N) is 2. The van der Waals surface area contributed by atoms with Gasteiger partial charge >= 0.3 is 0 Å². The summed E-state index contributed by atoms with van der Waals surface area (Å²) in [5.74, 6) is 0.514. The lowest BCUT2D eigenvalue weighted by molar-refractivity contribution is -0.121. The third-order valence-corrected chi connectivity index (χ3v) is 4.48. The Labute approximate surface area is 191 Å². The molecule has 1 unspecified atom stereocenters. The number of guanidine groups is 1. The molecule has 0 spiro atoms. The lowest BCUT2D eigenvalue weighted by Crippen LogP contribution is -2.49. The van der Waals surface area contributed by atoms with E-state index in [0.29, 0.717) is 12.5 Å². The predicted molar refractivity (Wildman–Crippen MR) is 130 cm³/mol. The number of rotatable bonds is 8. The number of amides is 1. The summed E-state index contributed by atoms with van der Waals surface area (Å²) in [4.78, 5) is 18.6. The first kappa shape index (κ1) is 26.9. The zero-order valence-corrected chi connectivity index (χ0v) is 20.9. The van der Waals surface area contributed by atoms with E-state index in [-0.39, 0.29) is 48.0 Å². The second kappa shape index (κ2) is 13.2. The molecule has 28 heavy (non-hydrogen) atoms. The van der Waals surface area contributed by atoms with Gasteiger partial charge in [-0.1, -0.05) is 43.6 Å². The molecule has 0 aliphatic rings. The van der Waals surface area contributed by atoms with Crippen LogP contribution >= 0.6 is 35.6 Å². The molecule has 0 saturated carbocycles. The molecule has 1 rings (SSSR count). The van der Waals surface area contributed by atoms with Crippen molar-refractivity contribution in [3.05, 3.63) is 34.9 Å². The van der Waals surface area contributed by atoms with Gasteiger partial charge in [-0.2, -0.15) is 0 Å². The van der Waals surface area contributed by atoms with Crippen molar-refractivity contribution in [1.29, 1.82) is 0 Å². The molecule has 3 N–H and O–H groups in total. The first-order valence-electron chi connectivity index (χ1n) is 9.45. The topological polar surface area (TPSA) is 68.8 Å². The molecule has 0 radical (unpaired) electrons. The van der Waals surface area contributed by atoms with Crippen LogP contribution in [0.15, 0.2) is 29.3 Å². The fourth-order valence-electron chi connectivity index (χ4n) is 2.89. The van der Waals surface area contributed by atoms with Crippen molar-refractivity contribution in [2.45, 2.75) is 46.2 Å². The van der Waals surface area contributed by atoms with Gasteiger partial charge in [0.1, 0.15) is 0 Å². The fraction of sp³-hybridized carbons (Fsp3) is 0.600. The minimum absolute atomic E-state index is 0. The third-order valence-electron chi connectivity index (χ3n) is 4.13. The first-order chi connectivity index (χ1) is 12.7. The third kappa shape index (κ3) is 9.43. The number of hydrogen-bond donors (Lipinski definition) is 3. The van der Waals surface area contributed by atoms with Gasteiger partial charge in [0.2, 0.25) is 5.91 Å². The number of aliphatic imine (C=N–C) groups is 1. The molecule has 0 fully saturated rings. The van der Waals surface area contributed by atoms with E-state index in [9.17, 15) is 4.79 Å². The highest BCUT2D eigenvalue weighted by Crippen LogP contribution is 2.26. The van der Waals surface area contributed by atoms with E-state index >= 15 is 0 Å². The Hall–Kier alpha value is -1.06. The predicted octanol–water partition coefficient (Wildman–Crippen LogP) is 3.42. The SMILES string of the molecule is CCN(CC)C(CNC(=NC)NCC(=O)NC(C)(C)C)c1ccccc1Cl.I. The highest BCUT2D eigenvalue weighted by Gasteiger charge is 2.21. The fourth-order valence-corrected chi connectivity index (χ4v) is 3.15. The van der Waals surface area contributed by atoms with Crippen molar-refractivity contribution in [3.8, 4) is 0 Å². The van der Waals surface area contributed by atoms with E-state index in [2.05, 4.69) is 45.8 Å². The Morgan fingerprint density at radius 3 is 2.29 bits per heavy atom. The molecule has 6 nitrogen and oxygen atoms in total. The maximum atomic E-state index is 12.0. The summed E-state index contributed by atoms with van der Waals surface area (Å²) in [6, 6.07) is 8.02. The van der Waals surface area contributed by atoms with Gasteiger partial charge in [0, 0.05) is 24.2 Å². The van der Waals surface area contributed by atoms with E-state index in [1.165, 1.54) is 0 Å². The van der Waals surface area contributed by atoms with Crippen LogP contribution in [0.5, 0.6) is 0 Å². The monoisotopic (exact) mass is 523 g/mol. The average Bonchev–Trinajstić information content (AvgIpc) is 2.60. The zero-order chi connectivity index (χ0) is 20.4. The van der Waals surface area contributed by atoms with Crippen LogP contribution in [-0.4, -0.2) is 55.5 Å². The van der Waals surface area contributed by atoms with Crippen molar-refractivity contribution in [1.82, 2.24) is 20.9 Å². The molecule has 160 valence electrons. The number of carbonyl (C=O) groups excluding carboxylic acids is 1. The van der Waals surface area contributed by atoms with Crippen LogP contribution in [-0.2, 0) is 4.79 Å². The highest BCUT2D eigenvalue weighted by atomic mass is 127. The van der Waals surface area contributed by atoms with Crippen LogP contribution in [0.1, 0.15) is 46.2 Å². The van der Waals surface area contributed by atoms with Crippen molar-refractivity contribution < 1.29 is 4.79 Å². The van der Waals surface area contributed by atoms with Crippen LogP contribution in [0.2, 0.25) is 5.02 Å². The van der Waals surface area contributed by atoms with Crippen LogP contribution in [0.3, 0.4) is 0 Å². The molecule has 0 aromatic heterocycles. The van der Waals surface area contributed by atoms with Crippen LogP contribution in [0.25, 0.3) is 0 Å². The van der Waals surface area contributed by atoms with Crippen LogP contribution in [0, 0.1) is 0 Å². The van der Waals surface area contributed by atoms with Gasteiger partial charge in [0.15, 0.2) is 5.96 Å². The van der Waals surface area contributed by atoms with Gasteiger partial charge in [0.25, 0.3) is 0 Å². The Balaban J connectivity index is 0.00000729. The van der Waals surface area contributed by atoms with Crippen molar-refractivity contribution >= 4 is 47.4 Å². The Morgan fingerprint density at radius 1 is 1.18 bits per heavy atom. The minimum Gasteiger partial charge on any atom is -0.354 e.